The molecule has 1 fully saturated rings. The topological polar surface area (TPSA) is 106 Å². The van der Waals surface area contributed by atoms with Gasteiger partial charge in [-0.3, -0.25) is 0 Å². The highest BCUT2D eigenvalue weighted by Crippen LogP contribution is 2.33. The number of imidazole rings is 1. The molecule has 0 atom stereocenters. The van der Waals surface area contributed by atoms with Gasteiger partial charge in [0.25, 0.3) is 0 Å². The first-order chi connectivity index (χ1) is 15.5. The van der Waals surface area contributed by atoms with Gasteiger partial charge in [0, 0.05) is 24.2 Å². The quantitative estimate of drug-likeness (QED) is 0.546. The Morgan fingerprint density at radius 3 is 2.59 bits per heavy atom. The van der Waals surface area contributed by atoms with Crippen LogP contribution in [0.1, 0.15) is 12.1 Å². The largest absolute Gasteiger partial charge is 0.462 e. The van der Waals surface area contributed by atoms with E-state index in [1.807, 2.05) is 19.0 Å². The number of ether oxygens (including phenoxy) is 3. The van der Waals surface area contributed by atoms with Crippen LogP contribution in [-0.4, -0.2) is 77.0 Å². The van der Waals surface area contributed by atoms with Gasteiger partial charge in [-0.25, -0.2) is 14.4 Å². The Hall–Kier alpha value is -2.92. The molecule has 0 aliphatic carbocycles. The number of aromatic amines is 1. The van der Waals surface area contributed by atoms with Gasteiger partial charge in [0.05, 0.1) is 36.9 Å². The second-order valence-corrected chi connectivity index (χ2v) is 7.78. The van der Waals surface area contributed by atoms with Crippen molar-refractivity contribution in [1.29, 1.82) is 0 Å². The Morgan fingerprint density at radius 2 is 1.91 bits per heavy atom. The van der Waals surface area contributed by atoms with Gasteiger partial charge in [-0.2, -0.15) is 4.98 Å². The molecule has 1 aromatic carbocycles. The number of halogens is 1. The number of hydrogen-bond donors (Lipinski definition) is 2. The molecular weight excluding hydrogens is 417 g/mol. The summed E-state index contributed by atoms with van der Waals surface area (Å²) in [6.45, 7) is 1.90. The van der Waals surface area contributed by atoms with E-state index < -0.39 is 6.29 Å². The zero-order valence-electron chi connectivity index (χ0n) is 18.0. The number of aliphatic hydroxyl groups excluding tert-OH is 1. The zero-order valence-corrected chi connectivity index (χ0v) is 18.0. The SMILES string of the molecule is CN(C)CCOc1nccc(-c2[nH]c(C3OCC(CO)CO3)nc2-c2ccc(F)cc2)n1. The number of aromatic nitrogens is 4. The van der Waals surface area contributed by atoms with Gasteiger partial charge in [0.2, 0.25) is 6.29 Å². The number of H-pyrrole nitrogens is 1. The molecule has 0 spiro atoms. The number of likely N-dealkylation sites (N-methyl/N-ethyl adjacent to an activating group) is 1. The van der Waals surface area contributed by atoms with Crippen LogP contribution < -0.4 is 4.74 Å². The Kier molecular flexibility index (Phi) is 7.05. The van der Waals surface area contributed by atoms with E-state index in [0.29, 0.717) is 48.3 Å². The maximum absolute atomic E-state index is 13.5. The molecule has 3 heterocycles. The van der Waals surface area contributed by atoms with Crippen LogP contribution >= 0.6 is 0 Å². The average molecular weight is 443 g/mol. The fraction of sp³-hybridized carbons (Fsp3) is 0.409. The van der Waals surface area contributed by atoms with Crippen molar-refractivity contribution in [1.82, 2.24) is 24.8 Å². The van der Waals surface area contributed by atoms with Gasteiger partial charge in [-0.1, -0.05) is 0 Å². The fourth-order valence-corrected chi connectivity index (χ4v) is 3.18. The van der Waals surface area contributed by atoms with Crippen LogP contribution in [0, 0.1) is 11.7 Å². The molecular formula is C22H26FN5O4. The van der Waals surface area contributed by atoms with Gasteiger partial charge in [-0.05, 0) is 44.4 Å². The molecule has 2 N–H and O–H groups in total. The predicted molar refractivity (Wildman–Crippen MR) is 114 cm³/mol. The molecule has 9 nitrogen and oxygen atoms in total. The Morgan fingerprint density at radius 1 is 1.16 bits per heavy atom. The van der Waals surface area contributed by atoms with Crippen LogP contribution in [0.4, 0.5) is 4.39 Å². The third-order valence-electron chi connectivity index (χ3n) is 4.95. The molecule has 3 aromatic rings. The maximum atomic E-state index is 13.5. The van der Waals surface area contributed by atoms with Gasteiger partial charge >= 0.3 is 6.01 Å². The minimum atomic E-state index is -0.705. The van der Waals surface area contributed by atoms with Gasteiger partial charge in [0.1, 0.15) is 12.4 Å². The van der Waals surface area contributed by atoms with E-state index in [4.69, 9.17) is 14.2 Å². The van der Waals surface area contributed by atoms with E-state index in [2.05, 4.69) is 19.9 Å². The Bertz CT molecular complexity index is 1020. The molecule has 32 heavy (non-hydrogen) atoms. The number of hydrogen-bond acceptors (Lipinski definition) is 8. The average Bonchev–Trinajstić information content (AvgIpc) is 3.25. The fourth-order valence-electron chi connectivity index (χ4n) is 3.18. The van der Waals surface area contributed by atoms with Gasteiger partial charge in [0.15, 0.2) is 5.82 Å². The van der Waals surface area contributed by atoms with Crippen LogP contribution in [0.5, 0.6) is 6.01 Å². The van der Waals surface area contributed by atoms with Crippen LogP contribution in [0.3, 0.4) is 0 Å². The second kappa shape index (κ2) is 10.1. The first-order valence-corrected chi connectivity index (χ1v) is 10.3. The summed E-state index contributed by atoms with van der Waals surface area (Å²) in [5.41, 5.74) is 2.47. The summed E-state index contributed by atoms with van der Waals surface area (Å²) in [4.78, 5) is 18.6. The summed E-state index contributed by atoms with van der Waals surface area (Å²) in [6.07, 6.45) is 0.908. The van der Waals surface area contributed by atoms with E-state index in [1.54, 1.807) is 24.4 Å². The molecule has 10 heteroatoms. The van der Waals surface area contributed by atoms with Crippen LogP contribution in [0.15, 0.2) is 36.5 Å². The molecule has 0 bridgehead atoms. The lowest BCUT2D eigenvalue weighted by atomic mass is 10.1. The summed E-state index contributed by atoms with van der Waals surface area (Å²) in [5, 5.41) is 9.29. The monoisotopic (exact) mass is 443 g/mol. The normalized spacial score (nSPS) is 18.8. The number of rotatable bonds is 8. The minimum absolute atomic E-state index is 0.00547. The van der Waals surface area contributed by atoms with Crippen molar-refractivity contribution < 1.29 is 23.7 Å². The standard InChI is InChI=1S/C22H26FN5O4/c1-28(2)9-10-30-22-24-8-7-17(25-22)19-18(15-3-5-16(23)6-4-15)26-20(27-19)21-31-12-14(11-29)13-32-21/h3-8,14,21,29H,9-13H2,1-2H3,(H,26,27). The molecule has 0 unspecified atom stereocenters. The van der Waals surface area contributed by atoms with Crippen molar-refractivity contribution in [3.63, 3.8) is 0 Å². The summed E-state index contributed by atoms with van der Waals surface area (Å²) in [6, 6.07) is 8.05. The van der Waals surface area contributed by atoms with E-state index in [9.17, 15) is 9.50 Å². The van der Waals surface area contributed by atoms with Gasteiger partial charge in [-0.15, -0.1) is 0 Å². The van der Waals surface area contributed by atoms with Crippen molar-refractivity contribution >= 4 is 0 Å². The summed E-state index contributed by atoms with van der Waals surface area (Å²) in [7, 11) is 3.92. The molecule has 0 saturated carbocycles. The lowest BCUT2D eigenvalue weighted by Crippen LogP contribution is -2.29. The number of benzene rings is 1. The van der Waals surface area contributed by atoms with Gasteiger partial charge < -0.3 is 29.2 Å². The van der Waals surface area contributed by atoms with Crippen molar-refractivity contribution in [3.05, 3.63) is 48.2 Å². The molecule has 1 saturated heterocycles. The molecule has 2 aromatic heterocycles. The van der Waals surface area contributed by atoms with E-state index in [1.165, 1.54) is 12.1 Å². The van der Waals surface area contributed by atoms with Crippen LogP contribution in [-0.2, 0) is 9.47 Å². The Labute approximate surface area is 185 Å². The third-order valence-corrected chi connectivity index (χ3v) is 4.95. The first kappa shape index (κ1) is 22.3. The Balaban J connectivity index is 1.65. The minimum Gasteiger partial charge on any atom is -0.462 e. The first-order valence-electron chi connectivity index (χ1n) is 10.3. The highest BCUT2D eigenvalue weighted by Gasteiger charge is 2.27. The summed E-state index contributed by atoms with van der Waals surface area (Å²) in [5.74, 6) is 0.0593. The molecule has 0 radical (unpaired) electrons. The van der Waals surface area contributed by atoms with Crippen LogP contribution in [0.2, 0.25) is 0 Å². The molecule has 4 rings (SSSR count). The van der Waals surface area contributed by atoms with Crippen molar-refractivity contribution in [2.24, 2.45) is 5.92 Å². The van der Waals surface area contributed by atoms with E-state index >= 15 is 0 Å². The number of aliphatic hydroxyl groups is 1. The van der Waals surface area contributed by atoms with Crippen LogP contribution in [0.25, 0.3) is 22.6 Å². The number of nitrogens with one attached hydrogen (secondary N) is 1. The highest BCUT2D eigenvalue weighted by molar-refractivity contribution is 5.76. The van der Waals surface area contributed by atoms with Crippen molar-refractivity contribution in [2.75, 3.05) is 47.1 Å². The van der Waals surface area contributed by atoms with Crippen molar-refractivity contribution in [2.45, 2.75) is 6.29 Å². The summed E-state index contributed by atoms with van der Waals surface area (Å²) >= 11 is 0. The smallest absolute Gasteiger partial charge is 0.316 e. The van der Waals surface area contributed by atoms with E-state index in [0.717, 1.165) is 6.54 Å². The predicted octanol–water partition coefficient (Wildman–Crippen LogP) is 2.27. The molecule has 1 aliphatic rings. The maximum Gasteiger partial charge on any atom is 0.316 e. The number of nitrogens with zero attached hydrogens (tertiary/aromatic N) is 4. The molecule has 0 amide bonds. The zero-order chi connectivity index (χ0) is 22.5. The van der Waals surface area contributed by atoms with E-state index in [-0.39, 0.29) is 24.4 Å². The lowest BCUT2D eigenvalue weighted by Gasteiger charge is -2.26. The third kappa shape index (κ3) is 5.28. The molecule has 1 aliphatic heterocycles. The summed E-state index contributed by atoms with van der Waals surface area (Å²) < 4.78 is 30.6. The highest BCUT2D eigenvalue weighted by atomic mass is 19.1. The lowest BCUT2D eigenvalue weighted by molar-refractivity contribution is -0.213. The van der Waals surface area contributed by atoms with Crippen molar-refractivity contribution in [3.8, 4) is 28.7 Å². The second-order valence-electron chi connectivity index (χ2n) is 7.78. The molecule has 170 valence electrons.